The van der Waals surface area contributed by atoms with Gasteiger partial charge in [0.1, 0.15) is 6.10 Å². The Kier molecular flexibility index (Phi) is 3.17. The van der Waals surface area contributed by atoms with Crippen LogP contribution in [0.5, 0.6) is 0 Å². The molecule has 0 bridgehead atoms. The van der Waals surface area contributed by atoms with Crippen LogP contribution in [-0.4, -0.2) is 11.5 Å². The van der Waals surface area contributed by atoms with Crippen LogP contribution in [0.3, 0.4) is 0 Å². The van der Waals surface area contributed by atoms with Gasteiger partial charge >= 0.3 is 0 Å². The minimum absolute atomic E-state index is 0.222. The highest BCUT2D eigenvalue weighted by Gasteiger charge is 2.18. The number of rotatable bonds is 2. The number of benzene rings is 1. The van der Waals surface area contributed by atoms with Crippen LogP contribution in [0.15, 0.2) is 28.7 Å². The molecule has 0 aliphatic rings. The SMILES string of the molecule is O[C@@H](c1cccc(Br)c1)C(F)F. The molecule has 1 aromatic rings. The van der Waals surface area contributed by atoms with Crippen LogP contribution in [0.1, 0.15) is 11.7 Å². The Morgan fingerprint density at radius 3 is 2.50 bits per heavy atom. The van der Waals surface area contributed by atoms with Gasteiger partial charge in [0.05, 0.1) is 0 Å². The number of alkyl halides is 2. The van der Waals surface area contributed by atoms with E-state index in [9.17, 15) is 8.78 Å². The molecule has 0 saturated heterocycles. The van der Waals surface area contributed by atoms with Crippen molar-refractivity contribution in [2.24, 2.45) is 0 Å². The van der Waals surface area contributed by atoms with Gasteiger partial charge in [0.15, 0.2) is 0 Å². The maximum Gasteiger partial charge on any atom is 0.268 e. The summed E-state index contributed by atoms with van der Waals surface area (Å²) in [4.78, 5) is 0. The first-order chi connectivity index (χ1) is 5.61. The molecule has 1 atom stereocenters. The summed E-state index contributed by atoms with van der Waals surface area (Å²) in [7, 11) is 0. The second kappa shape index (κ2) is 3.96. The summed E-state index contributed by atoms with van der Waals surface area (Å²) >= 11 is 3.12. The summed E-state index contributed by atoms with van der Waals surface area (Å²) in [6.07, 6.45) is -4.43. The fraction of sp³-hybridized carbons (Fsp3) is 0.250. The predicted molar refractivity (Wildman–Crippen MR) is 45.1 cm³/mol. The Morgan fingerprint density at radius 1 is 1.33 bits per heavy atom. The van der Waals surface area contributed by atoms with Crippen LogP contribution in [0.2, 0.25) is 0 Å². The van der Waals surface area contributed by atoms with Crippen molar-refractivity contribution in [2.45, 2.75) is 12.5 Å². The van der Waals surface area contributed by atoms with Gasteiger partial charge in [-0.2, -0.15) is 0 Å². The molecule has 12 heavy (non-hydrogen) atoms. The van der Waals surface area contributed by atoms with Gasteiger partial charge in [-0.25, -0.2) is 8.78 Å². The Balaban J connectivity index is 2.88. The molecule has 66 valence electrons. The van der Waals surface area contributed by atoms with E-state index in [1.54, 1.807) is 12.1 Å². The minimum atomic E-state index is -2.74. The van der Waals surface area contributed by atoms with Gasteiger partial charge in [0.2, 0.25) is 0 Å². The van der Waals surface area contributed by atoms with E-state index in [1.807, 2.05) is 0 Å². The summed E-state index contributed by atoms with van der Waals surface area (Å²) in [5.41, 5.74) is 0.222. The maximum absolute atomic E-state index is 12.0. The number of aliphatic hydroxyl groups is 1. The summed E-state index contributed by atoms with van der Waals surface area (Å²) in [5, 5.41) is 8.95. The first-order valence-corrected chi connectivity index (χ1v) is 4.12. The van der Waals surface area contributed by atoms with Crippen molar-refractivity contribution in [2.75, 3.05) is 0 Å². The molecule has 0 aliphatic heterocycles. The molecule has 1 rings (SSSR count). The molecule has 0 radical (unpaired) electrons. The standard InChI is InChI=1S/C8H7BrF2O/c9-6-3-1-2-5(4-6)7(12)8(10)11/h1-4,7-8,12H/t7-/m0/s1. The lowest BCUT2D eigenvalue weighted by Crippen LogP contribution is -2.07. The van der Waals surface area contributed by atoms with Crippen molar-refractivity contribution < 1.29 is 13.9 Å². The largest absolute Gasteiger partial charge is 0.382 e. The Hall–Kier alpha value is -0.480. The minimum Gasteiger partial charge on any atom is -0.382 e. The van der Waals surface area contributed by atoms with Crippen molar-refractivity contribution in [1.29, 1.82) is 0 Å². The highest BCUT2D eigenvalue weighted by atomic mass is 79.9. The lowest BCUT2D eigenvalue weighted by atomic mass is 10.1. The molecule has 1 aromatic carbocycles. The second-order valence-corrected chi connectivity index (χ2v) is 3.25. The third kappa shape index (κ3) is 2.25. The van der Waals surface area contributed by atoms with Crippen LogP contribution in [0.4, 0.5) is 8.78 Å². The molecule has 0 saturated carbocycles. The van der Waals surface area contributed by atoms with Crippen LogP contribution < -0.4 is 0 Å². The molecule has 1 N–H and O–H groups in total. The van der Waals surface area contributed by atoms with E-state index in [2.05, 4.69) is 15.9 Å². The molecular weight excluding hydrogens is 230 g/mol. The molecule has 1 nitrogen and oxygen atoms in total. The van der Waals surface area contributed by atoms with Crippen molar-refractivity contribution >= 4 is 15.9 Å². The monoisotopic (exact) mass is 236 g/mol. The van der Waals surface area contributed by atoms with Crippen LogP contribution in [0, 0.1) is 0 Å². The quantitative estimate of drug-likeness (QED) is 0.838. The Labute approximate surface area is 77.2 Å². The number of aliphatic hydroxyl groups excluding tert-OH is 1. The Morgan fingerprint density at radius 2 is 2.00 bits per heavy atom. The van der Waals surface area contributed by atoms with E-state index >= 15 is 0 Å². The van der Waals surface area contributed by atoms with E-state index in [-0.39, 0.29) is 5.56 Å². The zero-order chi connectivity index (χ0) is 9.14. The third-order valence-electron chi connectivity index (χ3n) is 1.43. The second-order valence-electron chi connectivity index (χ2n) is 2.33. The first kappa shape index (κ1) is 9.61. The average Bonchev–Trinajstić information content (AvgIpc) is 2.03. The Bertz CT molecular complexity index is 265. The number of hydrogen-bond acceptors (Lipinski definition) is 1. The van der Waals surface area contributed by atoms with E-state index in [0.717, 1.165) is 0 Å². The van der Waals surface area contributed by atoms with Gasteiger partial charge in [0, 0.05) is 4.47 Å². The zero-order valence-corrected chi connectivity index (χ0v) is 7.63. The van der Waals surface area contributed by atoms with Crippen LogP contribution in [-0.2, 0) is 0 Å². The number of halogens is 3. The molecule has 0 spiro atoms. The summed E-state index contributed by atoms with van der Waals surface area (Å²) in [6, 6.07) is 6.24. The normalized spacial score (nSPS) is 13.4. The molecule has 4 heteroatoms. The van der Waals surface area contributed by atoms with Crippen LogP contribution >= 0.6 is 15.9 Å². The molecule has 0 unspecified atom stereocenters. The van der Waals surface area contributed by atoms with Crippen molar-refractivity contribution in [1.82, 2.24) is 0 Å². The maximum atomic E-state index is 12.0. The topological polar surface area (TPSA) is 20.2 Å². The molecule has 0 amide bonds. The highest BCUT2D eigenvalue weighted by Crippen LogP contribution is 2.22. The van der Waals surface area contributed by atoms with E-state index in [1.165, 1.54) is 12.1 Å². The van der Waals surface area contributed by atoms with Gasteiger partial charge in [-0.05, 0) is 17.7 Å². The summed E-state index contributed by atoms with van der Waals surface area (Å²) < 4.78 is 24.6. The molecule has 0 heterocycles. The lowest BCUT2D eigenvalue weighted by Gasteiger charge is -2.09. The van der Waals surface area contributed by atoms with Crippen molar-refractivity contribution in [3.63, 3.8) is 0 Å². The third-order valence-corrected chi connectivity index (χ3v) is 1.92. The fourth-order valence-corrected chi connectivity index (χ4v) is 1.25. The van der Waals surface area contributed by atoms with Crippen LogP contribution in [0.25, 0.3) is 0 Å². The van der Waals surface area contributed by atoms with Gasteiger partial charge in [-0.15, -0.1) is 0 Å². The molecule has 0 aromatic heterocycles. The van der Waals surface area contributed by atoms with E-state index < -0.39 is 12.5 Å². The van der Waals surface area contributed by atoms with Gasteiger partial charge in [-0.3, -0.25) is 0 Å². The van der Waals surface area contributed by atoms with Gasteiger partial charge in [-0.1, -0.05) is 28.1 Å². The van der Waals surface area contributed by atoms with Gasteiger partial charge in [0.25, 0.3) is 6.43 Å². The predicted octanol–water partition coefficient (Wildman–Crippen LogP) is 2.75. The smallest absolute Gasteiger partial charge is 0.268 e. The fourth-order valence-electron chi connectivity index (χ4n) is 0.836. The average molecular weight is 237 g/mol. The lowest BCUT2D eigenvalue weighted by molar-refractivity contribution is -0.00580. The van der Waals surface area contributed by atoms with E-state index in [4.69, 9.17) is 5.11 Å². The summed E-state index contributed by atoms with van der Waals surface area (Å²) in [5.74, 6) is 0. The zero-order valence-electron chi connectivity index (χ0n) is 6.05. The summed E-state index contributed by atoms with van der Waals surface area (Å²) in [6.45, 7) is 0. The van der Waals surface area contributed by atoms with Crippen molar-refractivity contribution in [3.05, 3.63) is 34.3 Å². The van der Waals surface area contributed by atoms with Gasteiger partial charge < -0.3 is 5.11 Å². The van der Waals surface area contributed by atoms with Crippen molar-refractivity contribution in [3.8, 4) is 0 Å². The number of hydrogen-bond donors (Lipinski definition) is 1. The molecular formula is C8H7BrF2O. The highest BCUT2D eigenvalue weighted by molar-refractivity contribution is 9.10. The molecule has 0 aliphatic carbocycles. The molecule has 0 fully saturated rings. The first-order valence-electron chi connectivity index (χ1n) is 3.33. The van der Waals surface area contributed by atoms with E-state index in [0.29, 0.717) is 4.47 Å².